The van der Waals surface area contributed by atoms with Crippen molar-refractivity contribution in [1.82, 2.24) is 4.90 Å². The van der Waals surface area contributed by atoms with E-state index < -0.39 is 6.10 Å². The van der Waals surface area contributed by atoms with Crippen LogP contribution in [0.15, 0.2) is 54.6 Å². The lowest BCUT2D eigenvalue weighted by Gasteiger charge is -2.27. The topological polar surface area (TPSA) is 58.6 Å². The molecule has 27 heavy (non-hydrogen) atoms. The standard InChI is InChI=1S/C22H26N2O3/c1-2-20(27-19-12-5-3-6-13-19)21(25)23-18-11-9-10-17(16-18)22(26)24-14-7-4-8-15-24/h3,5-6,9-13,16,20H,2,4,7-8,14-15H2,1H3,(H,23,25). The van der Waals surface area contributed by atoms with Crippen molar-refractivity contribution >= 4 is 17.5 Å². The zero-order valence-electron chi connectivity index (χ0n) is 15.7. The average Bonchev–Trinajstić information content (AvgIpc) is 2.73. The van der Waals surface area contributed by atoms with E-state index in [2.05, 4.69) is 5.32 Å². The molecule has 2 amide bonds. The number of rotatable bonds is 6. The van der Waals surface area contributed by atoms with Crippen LogP contribution in [-0.4, -0.2) is 35.9 Å². The van der Waals surface area contributed by atoms with Gasteiger partial charge in [-0.15, -0.1) is 0 Å². The van der Waals surface area contributed by atoms with Crippen molar-refractivity contribution < 1.29 is 14.3 Å². The molecule has 5 nitrogen and oxygen atoms in total. The van der Waals surface area contributed by atoms with Crippen LogP contribution >= 0.6 is 0 Å². The van der Waals surface area contributed by atoms with Crippen molar-refractivity contribution in [2.75, 3.05) is 18.4 Å². The van der Waals surface area contributed by atoms with E-state index >= 15 is 0 Å². The van der Waals surface area contributed by atoms with Gasteiger partial charge in [-0.2, -0.15) is 0 Å². The van der Waals surface area contributed by atoms with Gasteiger partial charge < -0.3 is 15.0 Å². The van der Waals surface area contributed by atoms with Crippen molar-refractivity contribution in [3.05, 3.63) is 60.2 Å². The fourth-order valence-electron chi connectivity index (χ4n) is 3.22. The summed E-state index contributed by atoms with van der Waals surface area (Å²) in [6.07, 6.45) is 3.25. The molecule has 2 aromatic rings. The summed E-state index contributed by atoms with van der Waals surface area (Å²) in [5.41, 5.74) is 1.21. The lowest BCUT2D eigenvalue weighted by molar-refractivity contribution is -0.122. The van der Waals surface area contributed by atoms with E-state index in [0.717, 1.165) is 25.9 Å². The lowest BCUT2D eigenvalue weighted by Crippen LogP contribution is -2.35. The van der Waals surface area contributed by atoms with Crippen LogP contribution in [0.3, 0.4) is 0 Å². The molecule has 0 bridgehead atoms. The molecule has 142 valence electrons. The first-order valence-electron chi connectivity index (χ1n) is 9.59. The molecule has 1 unspecified atom stereocenters. The first-order chi connectivity index (χ1) is 13.2. The minimum absolute atomic E-state index is 0.0263. The molecule has 1 atom stereocenters. The highest BCUT2D eigenvalue weighted by Crippen LogP contribution is 2.18. The van der Waals surface area contributed by atoms with Gasteiger partial charge in [0, 0.05) is 24.3 Å². The summed E-state index contributed by atoms with van der Waals surface area (Å²) in [5, 5.41) is 2.88. The summed E-state index contributed by atoms with van der Waals surface area (Å²) in [5.74, 6) is 0.468. The van der Waals surface area contributed by atoms with Crippen LogP contribution in [0.25, 0.3) is 0 Å². The molecule has 1 aliphatic rings. The number of benzene rings is 2. The SMILES string of the molecule is CCC(Oc1ccccc1)C(=O)Nc1cccc(C(=O)N2CCCCC2)c1. The third-order valence-corrected chi connectivity index (χ3v) is 4.71. The summed E-state index contributed by atoms with van der Waals surface area (Å²) in [7, 11) is 0. The summed E-state index contributed by atoms with van der Waals surface area (Å²) >= 11 is 0. The number of amides is 2. The fraction of sp³-hybridized carbons (Fsp3) is 0.364. The molecule has 0 aromatic heterocycles. The monoisotopic (exact) mass is 366 g/mol. The molecule has 1 fully saturated rings. The van der Waals surface area contributed by atoms with Gasteiger partial charge in [-0.05, 0) is 56.0 Å². The third kappa shape index (κ3) is 5.09. The zero-order valence-corrected chi connectivity index (χ0v) is 15.7. The Bertz CT molecular complexity index is 770. The maximum absolute atomic E-state index is 12.7. The zero-order chi connectivity index (χ0) is 19.1. The predicted octanol–water partition coefficient (Wildman–Crippen LogP) is 4.11. The molecule has 0 saturated carbocycles. The van der Waals surface area contributed by atoms with Crippen LogP contribution in [0.2, 0.25) is 0 Å². The molecule has 0 spiro atoms. The second-order valence-corrected chi connectivity index (χ2v) is 6.75. The van der Waals surface area contributed by atoms with Crippen molar-refractivity contribution in [3.63, 3.8) is 0 Å². The van der Waals surface area contributed by atoms with Gasteiger partial charge in [-0.1, -0.05) is 31.2 Å². The van der Waals surface area contributed by atoms with E-state index in [1.807, 2.05) is 42.2 Å². The fourth-order valence-corrected chi connectivity index (χ4v) is 3.22. The number of hydrogen-bond donors (Lipinski definition) is 1. The number of carbonyl (C=O) groups is 2. The highest BCUT2D eigenvalue weighted by Gasteiger charge is 2.21. The summed E-state index contributed by atoms with van der Waals surface area (Å²) in [6, 6.07) is 16.4. The van der Waals surface area contributed by atoms with Gasteiger partial charge in [0.25, 0.3) is 11.8 Å². The molecule has 2 aromatic carbocycles. The maximum atomic E-state index is 12.7. The molecule has 3 rings (SSSR count). The molecule has 1 saturated heterocycles. The number of hydrogen-bond acceptors (Lipinski definition) is 3. The minimum atomic E-state index is -0.589. The van der Waals surface area contributed by atoms with Crippen LogP contribution in [0.4, 0.5) is 5.69 Å². The Morgan fingerprint density at radius 1 is 1.04 bits per heavy atom. The molecular formula is C22H26N2O3. The second-order valence-electron chi connectivity index (χ2n) is 6.75. The number of carbonyl (C=O) groups excluding carboxylic acids is 2. The predicted molar refractivity (Wildman–Crippen MR) is 106 cm³/mol. The number of anilines is 1. The quantitative estimate of drug-likeness (QED) is 0.837. The Morgan fingerprint density at radius 3 is 2.48 bits per heavy atom. The molecule has 0 radical (unpaired) electrons. The van der Waals surface area contributed by atoms with Gasteiger partial charge >= 0.3 is 0 Å². The number of likely N-dealkylation sites (tertiary alicyclic amines) is 1. The van der Waals surface area contributed by atoms with Gasteiger partial charge in [0.05, 0.1) is 0 Å². The normalized spacial score (nSPS) is 15.1. The van der Waals surface area contributed by atoms with E-state index in [4.69, 9.17) is 4.74 Å². The van der Waals surface area contributed by atoms with Gasteiger partial charge in [0.2, 0.25) is 0 Å². The third-order valence-electron chi connectivity index (χ3n) is 4.71. The van der Waals surface area contributed by atoms with Crippen LogP contribution < -0.4 is 10.1 Å². The molecule has 1 heterocycles. The Morgan fingerprint density at radius 2 is 1.78 bits per heavy atom. The number of nitrogens with zero attached hydrogens (tertiary/aromatic N) is 1. The summed E-state index contributed by atoms with van der Waals surface area (Å²) in [6.45, 7) is 3.51. The maximum Gasteiger partial charge on any atom is 0.265 e. The number of para-hydroxylation sites is 1. The van der Waals surface area contributed by atoms with E-state index in [0.29, 0.717) is 23.4 Å². The van der Waals surface area contributed by atoms with Crippen molar-refractivity contribution in [1.29, 1.82) is 0 Å². The van der Waals surface area contributed by atoms with Gasteiger partial charge in [0.15, 0.2) is 6.10 Å². The van der Waals surface area contributed by atoms with Crippen LogP contribution in [0.1, 0.15) is 43.0 Å². The van der Waals surface area contributed by atoms with E-state index in [1.165, 1.54) is 6.42 Å². The second kappa shape index (κ2) is 9.21. The van der Waals surface area contributed by atoms with Gasteiger partial charge in [-0.25, -0.2) is 0 Å². The highest BCUT2D eigenvalue weighted by atomic mass is 16.5. The average molecular weight is 366 g/mol. The summed E-state index contributed by atoms with van der Waals surface area (Å²) in [4.78, 5) is 27.1. The Hall–Kier alpha value is -2.82. The Labute approximate surface area is 160 Å². The summed E-state index contributed by atoms with van der Waals surface area (Å²) < 4.78 is 5.78. The first-order valence-corrected chi connectivity index (χ1v) is 9.59. The van der Waals surface area contributed by atoms with Gasteiger partial charge in [-0.3, -0.25) is 9.59 Å². The lowest BCUT2D eigenvalue weighted by atomic mass is 10.1. The van der Waals surface area contributed by atoms with E-state index in [9.17, 15) is 9.59 Å². The molecule has 1 aliphatic heterocycles. The van der Waals surface area contributed by atoms with E-state index in [-0.39, 0.29) is 11.8 Å². The Kier molecular flexibility index (Phi) is 6.47. The molecular weight excluding hydrogens is 340 g/mol. The van der Waals surface area contributed by atoms with E-state index in [1.54, 1.807) is 24.3 Å². The number of piperidine rings is 1. The van der Waals surface area contributed by atoms with Crippen molar-refractivity contribution in [3.8, 4) is 5.75 Å². The number of nitrogens with one attached hydrogen (secondary N) is 1. The molecule has 1 N–H and O–H groups in total. The largest absolute Gasteiger partial charge is 0.481 e. The van der Waals surface area contributed by atoms with Gasteiger partial charge in [0.1, 0.15) is 5.75 Å². The number of ether oxygens (including phenoxy) is 1. The minimum Gasteiger partial charge on any atom is -0.481 e. The van der Waals surface area contributed by atoms with Crippen LogP contribution in [0.5, 0.6) is 5.75 Å². The smallest absolute Gasteiger partial charge is 0.265 e. The first kappa shape index (κ1) is 19.0. The van der Waals surface area contributed by atoms with Crippen LogP contribution in [0, 0.1) is 0 Å². The van der Waals surface area contributed by atoms with Crippen LogP contribution in [-0.2, 0) is 4.79 Å². The van der Waals surface area contributed by atoms with Crippen molar-refractivity contribution in [2.45, 2.75) is 38.7 Å². The Balaban J connectivity index is 1.65. The van der Waals surface area contributed by atoms with Crippen molar-refractivity contribution in [2.24, 2.45) is 0 Å². The molecule has 5 heteroatoms. The highest BCUT2D eigenvalue weighted by molar-refractivity contribution is 5.98. The molecule has 0 aliphatic carbocycles.